The van der Waals surface area contributed by atoms with Crippen LogP contribution in [0.1, 0.15) is 30.4 Å². The highest BCUT2D eigenvalue weighted by Gasteiger charge is 2.21. The lowest BCUT2D eigenvalue weighted by Gasteiger charge is -2.30. The molecule has 1 aromatic carbocycles. The van der Waals surface area contributed by atoms with Gasteiger partial charge in [-0.05, 0) is 62.9 Å². The molecule has 2 aliphatic heterocycles. The predicted molar refractivity (Wildman–Crippen MR) is 72.6 cm³/mol. The molecule has 2 heterocycles. The van der Waals surface area contributed by atoms with Gasteiger partial charge in [-0.2, -0.15) is 0 Å². The van der Waals surface area contributed by atoms with Crippen molar-refractivity contribution in [2.75, 3.05) is 25.0 Å². The summed E-state index contributed by atoms with van der Waals surface area (Å²) in [6.07, 6.45) is 5.30. The van der Waals surface area contributed by atoms with E-state index >= 15 is 0 Å². The van der Waals surface area contributed by atoms with Gasteiger partial charge < -0.3 is 10.2 Å². The number of benzene rings is 1. The third-order valence-corrected chi connectivity index (χ3v) is 4.06. The molecule has 17 heavy (non-hydrogen) atoms. The van der Waals surface area contributed by atoms with E-state index in [0.29, 0.717) is 6.04 Å². The van der Waals surface area contributed by atoms with Gasteiger partial charge in [0.05, 0.1) is 0 Å². The molecule has 0 bridgehead atoms. The van der Waals surface area contributed by atoms with Gasteiger partial charge in [-0.25, -0.2) is 0 Å². The third kappa shape index (κ3) is 2.47. The molecule has 1 N–H and O–H groups in total. The maximum absolute atomic E-state index is 3.72. The second-order valence-corrected chi connectivity index (χ2v) is 5.55. The third-order valence-electron chi connectivity index (χ3n) is 4.06. The van der Waals surface area contributed by atoms with Gasteiger partial charge in [-0.1, -0.05) is 12.1 Å². The Morgan fingerprint density at radius 3 is 2.94 bits per heavy atom. The van der Waals surface area contributed by atoms with Gasteiger partial charge in [0.1, 0.15) is 0 Å². The van der Waals surface area contributed by atoms with Crippen molar-refractivity contribution in [2.45, 2.75) is 38.6 Å². The van der Waals surface area contributed by atoms with Crippen LogP contribution in [0.3, 0.4) is 0 Å². The van der Waals surface area contributed by atoms with E-state index in [2.05, 4.69) is 35.3 Å². The summed E-state index contributed by atoms with van der Waals surface area (Å²) < 4.78 is 0. The number of likely N-dealkylation sites (tertiary alicyclic amines) is 1. The second kappa shape index (κ2) is 4.69. The minimum absolute atomic E-state index is 0.655. The fourth-order valence-corrected chi connectivity index (χ4v) is 3.08. The number of aryl methyl sites for hydroxylation is 2. The Hall–Kier alpha value is -1.02. The largest absolute Gasteiger partial charge is 0.381 e. The number of fused-ring (bicyclic) bond motifs is 1. The molecule has 0 aromatic heterocycles. The number of nitrogens with zero attached hydrogens (tertiary/aromatic N) is 1. The Kier molecular flexibility index (Phi) is 3.06. The fraction of sp³-hybridized carbons (Fsp3) is 0.600. The van der Waals surface area contributed by atoms with Crippen LogP contribution in [0, 0.1) is 6.92 Å². The Morgan fingerprint density at radius 1 is 1.29 bits per heavy atom. The van der Waals surface area contributed by atoms with Crippen LogP contribution < -0.4 is 5.32 Å². The molecule has 0 radical (unpaired) electrons. The van der Waals surface area contributed by atoms with Crippen molar-refractivity contribution < 1.29 is 0 Å². The summed E-state index contributed by atoms with van der Waals surface area (Å²) in [7, 11) is 0. The summed E-state index contributed by atoms with van der Waals surface area (Å²) in [4.78, 5) is 2.61. The molecule has 1 aromatic rings. The molecule has 2 heteroatoms. The van der Waals surface area contributed by atoms with Crippen LogP contribution in [-0.2, 0) is 6.42 Å². The van der Waals surface area contributed by atoms with E-state index in [1.807, 2.05) is 0 Å². The van der Waals surface area contributed by atoms with E-state index in [1.165, 1.54) is 62.1 Å². The summed E-state index contributed by atoms with van der Waals surface area (Å²) in [6.45, 7) is 6.01. The molecule has 2 nitrogen and oxygen atoms in total. The zero-order chi connectivity index (χ0) is 11.7. The van der Waals surface area contributed by atoms with Crippen molar-refractivity contribution in [1.82, 2.24) is 4.90 Å². The molecular formula is C15H22N2. The zero-order valence-electron chi connectivity index (χ0n) is 10.7. The number of hydrogen-bond donors (Lipinski definition) is 1. The molecule has 0 amide bonds. The molecule has 1 unspecified atom stereocenters. The van der Waals surface area contributed by atoms with Gasteiger partial charge in [0, 0.05) is 18.3 Å². The molecule has 1 fully saturated rings. The standard InChI is InChI=1S/C15H22N2/c1-12-4-5-13-6-7-14(16-15(13)10-12)11-17-8-2-3-9-17/h4-5,10,14,16H,2-3,6-9,11H2,1H3. The van der Waals surface area contributed by atoms with Crippen LogP contribution in [0.4, 0.5) is 5.69 Å². The molecule has 0 aliphatic carbocycles. The molecule has 1 saturated heterocycles. The molecule has 92 valence electrons. The van der Waals surface area contributed by atoms with Crippen LogP contribution in [0.2, 0.25) is 0 Å². The molecular weight excluding hydrogens is 208 g/mol. The van der Waals surface area contributed by atoms with Crippen molar-refractivity contribution >= 4 is 5.69 Å². The lowest BCUT2D eigenvalue weighted by atomic mass is 9.96. The normalized spacial score (nSPS) is 24.4. The Balaban J connectivity index is 1.67. The van der Waals surface area contributed by atoms with E-state index in [9.17, 15) is 0 Å². The first-order valence-corrected chi connectivity index (χ1v) is 6.90. The van der Waals surface area contributed by atoms with Gasteiger partial charge >= 0.3 is 0 Å². The minimum Gasteiger partial charge on any atom is -0.381 e. The van der Waals surface area contributed by atoms with E-state index < -0.39 is 0 Å². The lowest BCUT2D eigenvalue weighted by molar-refractivity contribution is 0.314. The van der Waals surface area contributed by atoms with Crippen LogP contribution >= 0.6 is 0 Å². The van der Waals surface area contributed by atoms with Crippen molar-refractivity contribution in [3.8, 4) is 0 Å². The van der Waals surface area contributed by atoms with Gasteiger partial charge in [0.2, 0.25) is 0 Å². The predicted octanol–water partition coefficient (Wildman–Crippen LogP) is 2.82. The summed E-state index contributed by atoms with van der Waals surface area (Å²) >= 11 is 0. The Bertz CT molecular complexity index is 394. The van der Waals surface area contributed by atoms with Crippen molar-refractivity contribution in [3.05, 3.63) is 29.3 Å². The van der Waals surface area contributed by atoms with E-state index in [4.69, 9.17) is 0 Å². The number of nitrogens with one attached hydrogen (secondary N) is 1. The smallest absolute Gasteiger partial charge is 0.0391 e. The highest BCUT2D eigenvalue weighted by atomic mass is 15.2. The topological polar surface area (TPSA) is 15.3 Å². The van der Waals surface area contributed by atoms with Crippen molar-refractivity contribution in [2.24, 2.45) is 0 Å². The number of anilines is 1. The van der Waals surface area contributed by atoms with Gasteiger partial charge in [0.25, 0.3) is 0 Å². The monoisotopic (exact) mass is 230 g/mol. The maximum atomic E-state index is 3.72. The molecule has 3 rings (SSSR count). The zero-order valence-corrected chi connectivity index (χ0v) is 10.7. The Morgan fingerprint density at radius 2 is 2.12 bits per heavy atom. The summed E-state index contributed by atoms with van der Waals surface area (Å²) in [6, 6.07) is 7.46. The van der Waals surface area contributed by atoms with Crippen LogP contribution in [0.25, 0.3) is 0 Å². The first kappa shape index (κ1) is 11.1. The number of rotatable bonds is 2. The summed E-state index contributed by atoms with van der Waals surface area (Å²) in [5, 5.41) is 3.72. The second-order valence-electron chi connectivity index (χ2n) is 5.55. The van der Waals surface area contributed by atoms with E-state index in [1.54, 1.807) is 0 Å². The first-order chi connectivity index (χ1) is 8.31. The van der Waals surface area contributed by atoms with E-state index in [0.717, 1.165) is 0 Å². The van der Waals surface area contributed by atoms with E-state index in [-0.39, 0.29) is 0 Å². The van der Waals surface area contributed by atoms with Gasteiger partial charge in [0.15, 0.2) is 0 Å². The molecule has 0 spiro atoms. The van der Waals surface area contributed by atoms with Crippen molar-refractivity contribution in [1.29, 1.82) is 0 Å². The summed E-state index contributed by atoms with van der Waals surface area (Å²) in [5.74, 6) is 0. The maximum Gasteiger partial charge on any atom is 0.0391 e. The highest BCUT2D eigenvalue weighted by Crippen LogP contribution is 2.26. The highest BCUT2D eigenvalue weighted by molar-refractivity contribution is 5.55. The van der Waals surface area contributed by atoms with Crippen molar-refractivity contribution in [3.63, 3.8) is 0 Å². The lowest BCUT2D eigenvalue weighted by Crippen LogP contribution is -2.37. The van der Waals surface area contributed by atoms with Crippen LogP contribution in [0.5, 0.6) is 0 Å². The fourth-order valence-electron chi connectivity index (χ4n) is 3.08. The number of hydrogen-bond acceptors (Lipinski definition) is 2. The molecule has 2 aliphatic rings. The molecule has 0 saturated carbocycles. The Labute approximate surface area is 104 Å². The summed E-state index contributed by atoms with van der Waals surface area (Å²) in [5.41, 5.74) is 4.23. The SMILES string of the molecule is Cc1ccc2c(c1)NC(CN1CCCC1)CC2. The van der Waals surface area contributed by atoms with Crippen LogP contribution in [0.15, 0.2) is 18.2 Å². The molecule has 1 atom stereocenters. The van der Waals surface area contributed by atoms with Gasteiger partial charge in [-0.3, -0.25) is 0 Å². The first-order valence-electron chi connectivity index (χ1n) is 6.90. The minimum atomic E-state index is 0.655. The van der Waals surface area contributed by atoms with Gasteiger partial charge in [-0.15, -0.1) is 0 Å². The average molecular weight is 230 g/mol. The van der Waals surface area contributed by atoms with Crippen LogP contribution in [-0.4, -0.2) is 30.6 Å². The quantitative estimate of drug-likeness (QED) is 0.840. The average Bonchev–Trinajstić information content (AvgIpc) is 2.81.